The molecule has 2 aliphatic rings. The second-order valence-electron chi connectivity index (χ2n) is 2.25. The van der Waals surface area contributed by atoms with Gasteiger partial charge in [0.05, 0.1) is 32.7 Å². The highest BCUT2D eigenvalue weighted by Gasteiger charge is 2.39. The molecule has 0 aliphatic carbocycles. The Morgan fingerprint density at radius 2 is 1.50 bits per heavy atom. The maximum Gasteiger partial charge on any atom is 0.277 e. The summed E-state index contributed by atoms with van der Waals surface area (Å²) in [6.45, 7) is 0. The van der Waals surface area contributed by atoms with Gasteiger partial charge in [-0.05, 0) is 0 Å². The van der Waals surface area contributed by atoms with Gasteiger partial charge in [-0.3, -0.25) is 9.59 Å². The molecule has 0 aromatic carbocycles. The summed E-state index contributed by atoms with van der Waals surface area (Å²) < 4.78 is 1.16. The highest BCUT2D eigenvalue weighted by atomic mass is 127. The number of halogens is 1. The van der Waals surface area contributed by atoms with E-state index in [1.165, 1.54) is 23.5 Å². The molecule has 0 radical (unpaired) electrons. The lowest BCUT2D eigenvalue weighted by Crippen LogP contribution is -2.19. The molecule has 0 bridgehead atoms. The quantitative estimate of drug-likeness (QED) is 0.385. The van der Waals surface area contributed by atoms with Crippen LogP contribution in [0, 0.1) is 0 Å². The van der Waals surface area contributed by atoms with Gasteiger partial charge in [0.1, 0.15) is 0 Å². The van der Waals surface area contributed by atoms with E-state index in [2.05, 4.69) is 0 Å². The first-order valence-corrected chi connectivity index (χ1v) is 6.20. The van der Waals surface area contributed by atoms with Crippen LogP contribution in [-0.2, 0) is 9.59 Å². The standard InChI is InChI=1S/C6H4INO2S2/c7-8-5(9)3-4(6(8)10)12-2-1-11-3/h1-2H2. The van der Waals surface area contributed by atoms with Crippen molar-refractivity contribution in [1.82, 2.24) is 3.11 Å². The molecule has 0 fully saturated rings. The topological polar surface area (TPSA) is 37.4 Å². The number of carbonyl (C=O) groups excluding carboxylic acids is 2. The minimum atomic E-state index is -0.146. The number of hydrogen-bond donors (Lipinski definition) is 0. The fraction of sp³-hybridized carbons (Fsp3) is 0.333. The minimum Gasteiger partial charge on any atom is -0.267 e. The zero-order chi connectivity index (χ0) is 8.72. The molecule has 0 saturated heterocycles. The predicted molar refractivity (Wildman–Crippen MR) is 57.8 cm³/mol. The Bertz CT molecular complexity index is 274. The van der Waals surface area contributed by atoms with Crippen molar-refractivity contribution in [2.45, 2.75) is 0 Å². The second kappa shape index (κ2) is 3.22. The molecule has 12 heavy (non-hydrogen) atoms. The molecule has 0 N–H and O–H groups in total. The molecule has 6 heteroatoms. The highest BCUT2D eigenvalue weighted by molar-refractivity contribution is 14.1. The van der Waals surface area contributed by atoms with E-state index >= 15 is 0 Å². The van der Waals surface area contributed by atoms with Crippen LogP contribution in [0.1, 0.15) is 0 Å². The number of imide groups is 1. The van der Waals surface area contributed by atoms with Gasteiger partial charge in [0, 0.05) is 11.5 Å². The van der Waals surface area contributed by atoms with Crippen molar-refractivity contribution < 1.29 is 9.59 Å². The Hall–Kier alpha value is 0.310. The van der Waals surface area contributed by atoms with Crippen LogP contribution in [0.3, 0.4) is 0 Å². The zero-order valence-electron chi connectivity index (χ0n) is 5.87. The smallest absolute Gasteiger partial charge is 0.267 e. The number of carbonyl (C=O) groups is 2. The first-order chi connectivity index (χ1) is 5.72. The van der Waals surface area contributed by atoms with Crippen molar-refractivity contribution >= 4 is 58.2 Å². The second-order valence-corrected chi connectivity index (χ2v) is 5.42. The number of amides is 2. The average Bonchev–Trinajstić information content (AvgIpc) is 2.33. The van der Waals surface area contributed by atoms with Crippen LogP contribution in [0.4, 0.5) is 0 Å². The van der Waals surface area contributed by atoms with Gasteiger partial charge >= 0.3 is 0 Å². The van der Waals surface area contributed by atoms with Crippen molar-refractivity contribution in [3.63, 3.8) is 0 Å². The molecular weight excluding hydrogens is 309 g/mol. The van der Waals surface area contributed by atoms with Gasteiger partial charge in [-0.15, -0.1) is 23.5 Å². The Morgan fingerprint density at radius 1 is 1.08 bits per heavy atom. The van der Waals surface area contributed by atoms with Gasteiger partial charge in [0.2, 0.25) is 0 Å². The van der Waals surface area contributed by atoms with Crippen molar-refractivity contribution in [1.29, 1.82) is 0 Å². The Labute approximate surface area is 91.8 Å². The normalized spacial score (nSPS) is 23.6. The number of nitrogens with zero attached hydrogens (tertiary/aromatic N) is 1. The summed E-state index contributed by atoms with van der Waals surface area (Å²) in [7, 11) is 0. The van der Waals surface area contributed by atoms with E-state index in [0.29, 0.717) is 9.81 Å². The molecule has 2 amide bonds. The van der Waals surface area contributed by atoms with Crippen molar-refractivity contribution in [3.05, 3.63) is 9.81 Å². The predicted octanol–water partition coefficient (Wildman–Crippen LogP) is 1.40. The molecule has 2 heterocycles. The van der Waals surface area contributed by atoms with E-state index < -0.39 is 0 Å². The van der Waals surface area contributed by atoms with Crippen LogP contribution >= 0.6 is 46.4 Å². The fourth-order valence-electron chi connectivity index (χ4n) is 1.01. The van der Waals surface area contributed by atoms with E-state index in [1.807, 2.05) is 0 Å². The molecule has 0 aromatic rings. The number of rotatable bonds is 0. The molecule has 0 saturated carbocycles. The molecule has 0 spiro atoms. The molecule has 2 rings (SSSR count). The zero-order valence-corrected chi connectivity index (χ0v) is 9.66. The fourth-order valence-corrected chi connectivity index (χ4v) is 4.11. The van der Waals surface area contributed by atoms with Crippen LogP contribution in [-0.4, -0.2) is 26.4 Å². The molecular formula is C6H4INO2S2. The van der Waals surface area contributed by atoms with Gasteiger partial charge in [0.15, 0.2) is 0 Å². The van der Waals surface area contributed by atoms with E-state index in [0.717, 1.165) is 14.6 Å². The first kappa shape index (κ1) is 8.89. The van der Waals surface area contributed by atoms with Gasteiger partial charge < -0.3 is 0 Å². The van der Waals surface area contributed by atoms with Crippen LogP contribution in [0.25, 0.3) is 0 Å². The third-order valence-corrected chi connectivity index (χ3v) is 4.94. The first-order valence-electron chi connectivity index (χ1n) is 3.26. The molecule has 0 unspecified atom stereocenters. The van der Waals surface area contributed by atoms with Crippen LogP contribution in [0.2, 0.25) is 0 Å². The van der Waals surface area contributed by atoms with Crippen molar-refractivity contribution in [2.24, 2.45) is 0 Å². The molecule has 0 atom stereocenters. The SMILES string of the molecule is O=C1C2=C(SCCS2)C(=O)N1I. The summed E-state index contributed by atoms with van der Waals surface area (Å²) in [5.41, 5.74) is 0. The lowest BCUT2D eigenvalue weighted by Gasteiger charge is -2.07. The summed E-state index contributed by atoms with van der Waals surface area (Å²) in [5.74, 6) is 1.56. The van der Waals surface area contributed by atoms with Gasteiger partial charge in [0.25, 0.3) is 11.8 Å². The van der Waals surface area contributed by atoms with E-state index in [9.17, 15) is 9.59 Å². The summed E-state index contributed by atoms with van der Waals surface area (Å²) in [6, 6.07) is 0. The van der Waals surface area contributed by atoms with Crippen molar-refractivity contribution in [3.8, 4) is 0 Å². The van der Waals surface area contributed by atoms with Crippen LogP contribution < -0.4 is 0 Å². The summed E-state index contributed by atoms with van der Waals surface area (Å²) >= 11 is 4.74. The highest BCUT2D eigenvalue weighted by Crippen LogP contribution is 2.41. The summed E-state index contributed by atoms with van der Waals surface area (Å²) in [5, 5.41) is 0. The maximum absolute atomic E-state index is 11.4. The van der Waals surface area contributed by atoms with E-state index in [-0.39, 0.29) is 11.8 Å². The lowest BCUT2D eigenvalue weighted by molar-refractivity contribution is -0.129. The molecule has 64 valence electrons. The largest absolute Gasteiger partial charge is 0.277 e. The number of thioether (sulfide) groups is 2. The van der Waals surface area contributed by atoms with Gasteiger partial charge in [-0.25, -0.2) is 3.11 Å². The third kappa shape index (κ3) is 1.20. The Balaban J connectivity index is 2.41. The van der Waals surface area contributed by atoms with E-state index in [1.54, 1.807) is 22.9 Å². The average molecular weight is 313 g/mol. The monoisotopic (exact) mass is 313 g/mol. The minimum absolute atomic E-state index is 0.146. The molecule has 0 aromatic heterocycles. The van der Waals surface area contributed by atoms with Crippen molar-refractivity contribution in [2.75, 3.05) is 11.5 Å². The number of hydrogen-bond acceptors (Lipinski definition) is 4. The summed E-state index contributed by atoms with van der Waals surface area (Å²) in [4.78, 5) is 24.0. The van der Waals surface area contributed by atoms with E-state index in [4.69, 9.17) is 0 Å². The molecule has 3 nitrogen and oxygen atoms in total. The Morgan fingerprint density at radius 3 is 1.92 bits per heavy atom. The Kier molecular flexibility index (Phi) is 2.39. The summed E-state index contributed by atoms with van der Waals surface area (Å²) in [6.07, 6.45) is 0. The van der Waals surface area contributed by atoms with Crippen LogP contribution in [0.15, 0.2) is 9.81 Å². The lowest BCUT2D eigenvalue weighted by atomic mass is 10.5. The molecule has 2 aliphatic heterocycles. The van der Waals surface area contributed by atoms with Crippen LogP contribution in [0.5, 0.6) is 0 Å². The van der Waals surface area contributed by atoms with Gasteiger partial charge in [-0.1, -0.05) is 0 Å². The maximum atomic E-state index is 11.4. The van der Waals surface area contributed by atoms with Gasteiger partial charge in [-0.2, -0.15) is 0 Å². The third-order valence-electron chi connectivity index (χ3n) is 1.53.